The lowest BCUT2D eigenvalue weighted by Crippen LogP contribution is -2.42. The average Bonchev–Trinajstić information content (AvgIpc) is 3.25. The minimum Gasteiger partial charge on any atom is -0.390 e. The van der Waals surface area contributed by atoms with Crippen molar-refractivity contribution in [1.29, 1.82) is 0 Å². The Hall–Kier alpha value is -1.95. The monoisotopic (exact) mass is 365 g/mol. The lowest BCUT2D eigenvalue weighted by Gasteiger charge is -2.29. The van der Waals surface area contributed by atoms with Gasteiger partial charge in [-0.3, -0.25) is 4.98 Å². The Labute approximate surface area is 160 Å². The largest absolute Gasteiger partial charge is 0.390 e. The Bertz CT molecular complexity index is 840. The van der Waals surface area contributed by atoms with E-state index in [1.54, 1.807) is 0 Å². The van der Waals surface area contributed by atoms with Crippen molar-refractivity contribution in [3.05, 3.63) is 58.9 Å². The molecular formula is C22H27N3O2. The van der Waals surface area contributed by atoms with Gasteiger partial charge in [-0.25, -0.2) is 0 Å². The van der Waals surface area contributed by atoms with E-state index in [1.165, 1.54) is 27.9 Å². The van der Waals surface area contributed by atoms with Crippen LogP contribution in [0.4, 0.5) is 5.69 Å². The van der Waals surface area contributed by atoms with Gasteiger partial charge in [0.15, 0.2) is 0 Å². The Morgan fingerprint density at radius 3 is 2.96 bits per heavy atom. The quantitative estimate of drug-likeness (QED) is 0.768. The maximum Gasteiger partial charge on any atom is 0.100 e. The highest BCUT2D eigenvalue weighted by Crippen LogP contribution is 2.39. The van der Waals surface area contributed by atoms with Gasteiger partial charge in [0.25, 0.3) is 0 Å². The standard InChI is InChI=1S/C22H27N3O2/c26-21-17(10-15-3-1-2-14-4-7-24-13-18(14)15)11-20(22(21)27)25-9-6-16-12-23-8-5-19(16)25/h1-3,5,8,12,17,20-22,24,26-27H,4,6-7,9-11,13H2/t17-,20+,21+,22-/m0/s1. The SMILES string of the molecule is O[C@@H]1[C@@H](Cc2cccc3c2CNCC3)C[C@@H](N2CCc3cnccc32)[C@@H]1O. The molecule has 5 heteroatoms. The molecule has 0 bridgehead atoms. The van der Waals surface area contributed by atoms with E-state index in [0.29, 0.717) is 0 Å². The van der Waals surface area contributed by atoms with Gasteiger partial charge in [0.05, 0.1) is 12.1 Å². The number of aliphatic hydroxyl groups is 2. The summed E-state index contributed by atoms with van der Waals surface area (Å²) in [7, 11) is 0. The van der Waals surface area contributed by atoms with Crippen LogP contribution in [0.15, 0.2) is 36.7 Å². The Morgan fingerprint density at radius 2 is 2.04 bits per heavy atom. The van der Waals surface area contributed by atoms with Crippen molar-refractivity contribution in [3.63, 3.8) is 0 Å². The predicted molar refractivity (Wildman–Crippen MR) is 105 cm³/mol. The highest BCUT2D eigenvalue weighted by Gasteiger charge is 2.45. The number of rotatable bonds is 3. The summed E-state index contributed by atoms with van der Waals surface area (Å²) >= 11 is 0. The number of nitrogens with one attached hydrogen (secondary N) is 1. The second-order valence-electron chi connectivity index (χ2n) is 8.18. The topological polar surface area (TPSA) is 68.6 Å². The third-order valence-corrected chi connectivity index (χ3v) is 6.71. The number of aromatic nitrogens is 1. The summed E-state index contributed by atoms with van der Waals surface area (Å²) in [6.45, 7) is 2.84. The van der Waals surface area contributed by atoms with Gasteiger partial charge in [-0.15, -0.1) is 0 Å². The molecule has 27 heavy (non-hydrogen) atoms. The lowest BCUT2D eigenvalue weighted by atomic mass is 9.88. The van der Waals surface area contributed by atoms with Gasteiger partial charge in [-0.1, -0.05) is 18.2 Å². The van der Waals surface area contributed by atoms with Gasteiger partial charge in [0, 0.05) is 31.2 Å². The molecule has 0 unspecified atom stereocenters. The molecule has 2 aliphatic heterocycles. The number of hydrogen-bond acceptors (Lipinski definition) is 5. The van der Waals surface area contributed by atoms with E-state index >= 15 is 0 Å². The summed E-state index contributed by atoms with van der Waals surface area (Å²) < 4.78 is 0. The smallest absolute Gasteiger partial charge is 0.100 e. The average molecular weight is 365 g/mol. The van der Waals surface area contributed by atoms with Crippen LogP contribution in [0.3, 0.4) is 0 Å². The fourth-order valence-electron chi connectivity index (χ4n) is 5.27. The number of fused-ring (bicyclic) bond motifs is 2. The normalized spacial score (nSPS) is 29.6. The molecule has 0 saturated heterocycles. The fraction of sp³-hybridized carbons (Fsp3) is 0.500. The first-order valence-corrected chi connectivity index (χ1v) is 10.1. The molecule has 5 nitrogen and oxygen atoms in total. The van der Waals surface area contributed by atoms with Gasteiger partial charge in [-0.2, -0.15) is 0 Å². The third kappa shape index (κ3) is 2.94. The molecule has 1 aromatic carbocycles. The molecule has 3 aliphatic rings. The molecule has 1 fully saturated rings. The van der Waals surface area contributed by atoms with Crippen LogP contribution >= 0.6 is 0 Å². The van der Waals surface area contributed by atoms with Gasteiger partial charge in [0.2, 0.25) is 0 Å². The van der Waals surface area contributed by atoms with Crippen LogP contribution in [0.5, 0.6) is 0 Å². The molecule has 4 atom stereocenters. The predicted octanol–water partition coefficient (Wildman–Crippen LogP) is 1.44. The van der Waals surface area contributed by atoms with Crippen LogP contribution in [-0.2, 0) is 25.8 Å². The Balaban J connectivity index is 1.37. The first-order valence-electron chi connectivity index (χ1n) is 10.1. The van der Waals surface area contributed by atoms with Gasteiger partial charge in [-0.05, 0) is 66.5 Å². The number of hydrogen-bond donors (Lipinski definition) is 3. The summed E-state index contributed by atoms with van der Waals surface area (Å²) in [5.74, 6) is 0.0873. The van der Waals surface area contributed by atoms with Crippen molar-refractivity contribution in [3.8, 4) is 0 Å². The zero-order chi connectivity index (χ0) is 18.4. The molecular weight excluding hydrogens is 338 g/mol. The van der Waals surface area contributed by atoms with E-state index in [1.807, 2.05) is 18.5 Å². The lowest BCUT2D eigenvalue weighted by molar-refractivity contribution is 0.0147. The summed E-state index contributed by atoms with van der Waals surface area (Å²) in [5, 5.41) is 25.1. The Kier molecular flexibility index (Phi) is 4.38. The van der Waals surface area contributed by atoms with Crippen LogP contribution in [0.25, 0.3) is 0 Å². The molecule has 1 aromatic heterocycles. The molecule has 142 valence electrons. The van der Waals surface area contributed by atoms with E-state index in [0.717, 1.165) is 45.3 Å². The van der Waals surface area contributed by atoms with E-state index in [4.69, 9.17) is 0 Å². The van der Waals surface area contributed by atoms with Gasteiger partial charge >= 0.3 is 0 Å². The molecule has 5 rings (SSSR count). The number of anilines is 1. The van der Waals surface area contributed by atoms with Crippen molar-refractivity contribution in [2.45, 2.75) is 50.5 Å². The fourth-order valence-corrected chi connectivity index (χ4v) is 5.27. The van der Waals surface area contributed by atoms with E-state index in [2.05, 4.69) is 33.4 Å². The number of benzene rings is 1. The number of pyridine rings is 1. The summed E-state index contributed by atoms with van der Waals surface area (Å²) in [5.41, 5.74) is 6.56. The molecule has 0 radical (unpaired) electrons. The van der Waals surface area contributed by atoms with Crippen molar-refractivity contribution >= 4 is 5.69 Å². The van der Waals surface area contributed by atoms with Crippen LogP contribution in [0.2, 0.25) is 0 Å². The van der Waals surface area contributed by atoms with Gasteiger partial charge < -0.3 is 20.4 Å². The summed E-state index contributed by atoms with van der Waals surface area (Å²) in [4.78, 5) is 6.50. The van der Waals surface area contributed by atoms with Crippen LogP contribution in [0, 0.1) is 5.92 Å². The highest BCUT2D eigenvalue weighted by atomic mass is 16.3. The van der Waals surface area contributed by atoms with E-state index in [-0.39, 0.29) is 12.0 Å². The second-order valence-corrected chi connectivity index (χ2v) is 8.18. The van der Waals surface area contributed by atoms with Gasteiger partial charge in [0.1, 0.15) is 6.10 Å². The second kappa shape index (κ2) is 6.89. The summed E-state index contributed by atoms with van der Waals surface area (Å²) in [6, 6.07) is 8.56. The zero-order valence-electron chi connectivity index (χ0n) is 15.5. The Morgan fingerprint density at radius 1 is 1.11 bits per heavy atom. The molecule has 2 aromatic rings. The van der Waals surface area contributed by atoms with E-state index in [9.17, 15) is 10.2 Å². The molecule has 1 saturated carbocycles. The molecule has 1 aliphatic carbocycles. The third-order valence-electron chi connectivity index (χ3n) is 6.71. The van der Waals surface area contributed by atoms with Crippen LogP contribution in [0.1, 0.15) is 28.7 Å². The molecule has 0 spiro atoms. The maximum atomic E-state index is 10.8. The van der Waals surface area contributed by atoms with Crippen molar-refractivity contribution in [1.82, 2.24) is 10.3 Å². The highest BCUT2D eigenvalue weighted by molar-refractivity contribution is 5.58. The molecule has 3 heterocycles. The van der Waals surface area contributed by atoms with Crippen molar-refractivity contribution < 1.29 is 10.2 Å². The van der Waals surface area contributed by atoms with E-state index < -0.39 is 12.2 Å². The zero-order valence-corrected chi connectivity index (χ0v) is 15.5. The van der Waals surface area contributed by atoms with Crippen LogP contribution in [-0.4, -0.2) is 46.5 Å². The molecule has 3 N–H and O–H groups in total. The number of nitrogens with zero attached hydrogens (tertiary/aromatic N) is 2. The van der Waals surface area contributed by atoms with Crippen molar-refractivity contribution in [2.24, 2.45) is 5.92 Å². The maximum absolute atomic E-state index is 10.8. The minimum atomic E-state index is -0.702. The molecule has 0 amide bonds. The first-order chi connectivity index (χ1) is 13.2. The van der Waals surface area contributed by atoms with Crippen molar-refractivity contribution in [2.75, 3.05) is 18.0 Å². The summed E-state index contributed by atoms with van der Waals surface area (Å²) in [6.07, 6.45) is 6.05. The number of aliphatic hydroxyl groups excluding tert-OH is 2. The minimum absolute atomic E-state index is 0.0219. The first kappa shape index (κ1) is 17.2. The van der Waals surface area contributed by atoms with Crippen LogP contribution < -0.4 is 10.2 Å².